The van der Waals surface area contributed by atoms with E-state index in [1.807, 2.05) is 12.1 Å². The predicted molar refractivity (Wildman–Crippen MR) is 64.3 cm³/mol. The first-order valence-electron chi connectivity index (χ1n) is 5.91. The van der Waals surface area contributed by atoms with Crippen LogP contribution in [0.1, 0.15) is 23.7 Å². The summed E-state index contributed by atoms with van der Waals surface area (Å²) in [6, 6.07) is 7.36. The molecule has 1 N–H and O–H groups in total. The van der Waals surface area contributed by atoms with Crippen LogP contribution in [0.5, 0.6) is 5.75 Å². The fourth-order valence-corrected chi connectivity index (χ4v) is 1.51. The number of carbonyl (C=O) groups excluding carboxylic acids is 1. The van der Waals surface area contributed by atoms with Crippen molar-refractivity contribution in [2.75, 3.05) is 19.8 Å². The van der Waals surface area contributed by atoms with E-state index < -0.39 is 0 Å². The maximum absolute atomic E-state index is 11.8. The van der Waals surface area contributed by atoms with Crippen molar-refractivity contribution in [3.63, 3.8) is 0 Å². The fraction of sp³-hybridized carbons (Fsp3) is 0.462. The highest BCUT2D eigenvalue weighted by Gasteiger charge is 2.20. The lowest BCUT2D eigenvalue weighted by atomic mass is 10.2. The number of amides is 1. The highest BCUT2D eigenvalue weighted by Crippen LogP contribution is 2.13. The van der Waals surface area contributed by atoms with Crippen LogP contribution in [0.4, 0.5) is 0 Å². The normalized spacial score (nSPS) is 15.1. The minimum Gasteiger partial charge on any atom is -0.494 e. The number of nitrogens with one attached hydrogen (secondary N) is 1. The molecule has 1 aliphatic rings. The smallest absolute Gasteiger partial charge is 0.251 e. The second kappa shape index (κ2) is 5.68. The van der Waals surface area contributed by atoms with E-state index in [2.05, 4.69) is 12.2 Å². The van der Waals surface area contributed by atoms with Crippen LogP contribution in [0, 0.1) is 0 Å². The van der Waals surface area contributed by atoms with Crippen LogP contribution >= 0.6 is 0 Å². The van der Waals surface area contributed by atoms with Gasteiger partial charge < -0.3 is 14.8 Å². The summed E-state index contributed by atoms with van der Waals surface area (Å²) in [5.74, 6) is 0.746. The summed E-state index contributed by atoms with van der Waals surface area (Å²) in [5, 5.41) is 2.89. The Labute approximate surface area is 101 Å². The van der Waals surface area contributed by atoms with Gasteiger partial charge in [-0.05, 0) is 30.7 Å². The Morgan fingerprint density at radius 1 is 1.41 bits per heavy atom. The van der Waals surface area contributed by atoms with Gasteiger partial charge in [-0.1, -0.05) is 6.92 Å². The van der Waals surface area contributed by atoms with E-state index in [1.54, 1.807) is 12.1 Å². The van der Waals surface area contributed by atoms with Gasteiger partial charge in [-0.3, -0.25) is 4.79 Å². The SMILES string of the molecule is CCCOc1ccc(C(=O)NC2COC2)cc1. The van der Waals surface area contributed by atoms with E-state index in [0.29, 0.717) is 25.4 Å². The zero-order valence-corrected chi connectivity index (χ0v) is 9.94. The summed E-state index contributed by atoms with van der Waals surface area (Å²) < 4.78 is 10.5. The lowest BCUT2D eigenvalue weighted by molar-refractivity contribution is -0.00346. The quantitative estimate of drug-likeness (QED) is 0.843. The summed E-state index contributed by atoms with van der Waals surface area (Å²) in [6.07, 6.45) is 0.976. The Morgan fingerprint density at radius 2 is 2.12 bits per heavy atom. The first-order chi connectivity index (χ1) is 8.29. The van der Waals surface area contributed by atoms with Crippen LogP contribution in [0.3, 0.4) is 0 Å². The Balaban J connectivity index is 1.89. The average molecular weight is 235 g/mol. The van der Waals surface area contributed by atoms with Crippen molar-refractivity contribution in [3.8, 4) is 5.75 Å². The molecule has 1 fully saturated rings. The van der Waals surface area contributed by atoms with Crippen molar-refractivity contribution < 1.29 is 14.3 Å². The number of hydrogen-bond donors (Lipinski definition) is 1. The monoisotopic (exact) mass is 235 g/mol. The summed E-state index contributed by atoms with van der Waals surface area (Å²) in [7, 11) is 0. The van der Waals surface area contributed by atoms with Gasteiger partial charge in [-0.15, -0.1) is 0 Å². The maximum Gasteiger partial charge on any atom is 0.251 e. The molecule has 1 aliphatic heterocycles. The minimum absolute atomic E-state index is 0.0552. The Bertz CT molecular complexity index is 371. The van der Waals surface area contributed by atoms with Crippen molar-refractivity contribution in [2.24, 2.45) is 0 Å². The van der Waals surface area contributed by atoms with Crippen LogP contribution in [0.2, 0.25) is 0 Å². The largest absolute Gasteiger partial charge is 0.494 e. The molecule has 4 heteroatoms. The third-order valence-corrected chi connectivity index (χ3v) is 2.56. The van der Waals surface area contributed by atoms with Crippen LogP contribution < -0.4 is 10.1 Å². The number of ether oxygens (including phenoxy) is 2. The molecule has 0 aromatic heterocycles. The minimum atomic E-state index is -0.0552. The second-order valence-electron chi connectivity index (χ2n) is 4.08. The molecule has 1 saturated heterocycles. The van der Waals surface area contributed by atoms with Crippen molar-refractivity contribution in [2.45, 2.75) is 19.4 Å². The lowest BCUT2D eigenvalue weighted by Crippen LogP contribution is -2.48. The summed E-state index contributed by atoms with van der Waals surface area (Å²) >= 11 is 0. The van der Waals surface area contributed by atoms with Crippen LogP contribution in [-0.2, 0) is 4.74 Å². The number of carbonyl (C=O) groups is 1. The first-order valence-corrected chi connectivity index (χ1v) is 5.91. The van der Waals surface area contributed by atoms with E-state index >= 15 is 0 Å². The van der Waals surface area contributed by atoms with E-state index in [4.69, 9.17) is 9.47 Å². The van der Waals surface area contributed by atoms with Crippen molar-refractivity contribution >= 4 is 5.91 Å². The van der Waals surface area contributed by atoms with E-state index in [9.17, 15) is 4.79 Å². The third kappa shape index (κ3) is 3.20. The van der Waals surface area contributed by atoms with Gasteiger partial charge in [-0.25, -0.2) is 0 Å². The van der Waals surface area contributed by atoms with Gasteiger partial charge in [0.1, 0.15) is 5.75 Å². The Morgan fingerprint density at radius 3 is 2.65 bits per heavy atom. The van der Waals surface area contributed by atoms with E-state index in [1.165, 1.54) is 0 Å². The number of hydrogen-bond acceptors (Lipinski definition) is 3. The Kier molecular flexibility index (Phi) is 3.98. The first kappa shape index (κ1) is 11.9. The molecule has 1 amide bonds. The topological polar surface area (TPSA) is 47.6 Å². The van der Waals surface area contributed by atoms with Gasteiger partial charge in [0.05, 0.1) is 25.9 Å². The molecule has 0 atom stereocenters. The molecule has 1 aromatic carbocycles. The van der Waals surface area contributed by atoms with Crippen molar-refractivity contribution in [3.05, 3.63) is 29.8 Å². The molecule has 92 valence electrons. The Hall–Kier alpha value is -1.55. The standard InChI is InChI=1S/C13H17NO3/c1-2-7-17-12-5-3-10(4-6-12)13(15)14-11-8-16-9-11/h3-6,11H,2,7-9H2,1H3,(H,14,15). The van der Waals surface area contributed by atoms with Crippen LogP contribution in [0.25, 0.3) is 0 Å². The fourth-order valence-electron chi connectivity index (χ4n) is 1.51. The molecule has 0 aliphatic carbocycles. The van der Waals surface area contributed by atoms with Crippen molar-refractivity contribution in [1.82, 2.24) is 5.32 Å². The predicted octanol–water partition coefficient (Wildman–Crippen LogP) is 1.60. The molecule has 2 rings (SSSR count). The summed E-state index contributed by atoms with van der Waals surface area (Å²) in [5.41, 5.74) is 0.653. The molecular weight excluding hydrogens is 218 g/mol. The van der Waals surface area contributed by atoms with Gasteiger partial charge in [0.2, 0.25) is 0 Å². The zero-order chi connectivity index (χ0) is 12.1. The molecule has 17 heavy (non-hydrogen) atoms. The highest BCUT2D eigenvalue weighted by atomic mass is 16.5. The molecule has 0 saturated carbocycles. The number of rotatable bonds is 5. The van der Waals surface area contributed by atoms with E-state index in [-0.39, 0.29) is 11.9 Å². The average Bonchev–Trinajstić information content (AvgIpc) is 2.31. The molecule has 0 unspecified atom stereocenters. The van der Waals surface area contributed by atoms with Gasteiger partial charge >= 0.3 is 0 Å². The molecule has 4 nitrogen and oxygen atoms in total. The van der Waals surface area contributed by atoms with Crippen LogP contribution in [-0.4, -0.2) is 31.8 Å². The molecule has 0 spiro atoms. The number of benzene rings is 1. The highest BCUT2D eigenvalue weighted by molar-refractivity contribution is 5.94. The van der Waals surface area contributed by atoms with Gasteiger partial charge in [-0.2, -0.15) is 0 Å². The zero-order valence-electron chi connectivity index (χ0n) is 9.94. The molecule has 1 heterocycles. The molecule has 0 radical (unpaired) electrons. The van der Waals surface area contributed by atoms with Gasteiger partial charge in [0.25, 0.3) is 5.91 Å². The second-order valence-corrected chi connectivity index (χ2v) is 4.08. The summed E-state index contributed by atoms with van der Waals surface area (Å²) in [6.45, 7) is 3.99. The van der Waals surface area contributed by atoms with Gasteiger partial charge in [0, 0.05) is 5.56 Å². The van der Waals surface area contributed by atoms with Crippen molar-refractivity contribution in [1.29, 1.82) is 0 Å². The molecule has 0 bridgehead atoms. The molecular formula is C13H17NO3. The van der Waals surface area contributed by atoms with E-state index in [0.717, 1.165) is 12.2 Å². The summed E-state index contributed by atoms with van der Waals surface area (Å²) in [4.78, 5) is 11.8. The maximum atomic E-state index is 11.8. The van der Waals surface area contributed by atoms with Crippen LogP contribution in [0.15, 0.2) is 24.3 Å². The molecule has 1 aromatic rings. The lowest BCUT2D eigenvalue weighted by Gasteiger charge is -2.26. The third-order valence-electron chi connectivity index (χ3n) is 2.56. The van der Waals surface area contributed by atoms with Gasteiger partial charge in [0.15, 0.2) is 0 Å².